The molecule has 1 aliphatic rings. The van der Waals surface area contributed by atoms with Crippen molar-refractivity contribution in [2.45, 2.75) is 58.0 Å². The van der Waals surface area contributed by atoms with Gasteiger partial charge in [0, 0.05) is 12.6 Å². The van der Waals surface area contributed by atoms with E-state index >= 15 is 0 Å². The monoisotopic (exact) mass is 270 g/mol. The maximum Gasteiger partial charge on any atom is 0.327 e. The van der Waals surface area contributed by atoms with Crippen LogP contribution in [-0.4, -0.2) is 49.7 Å². The van der Waals surface area contributed by atoms with Crippen LogP contribution >= 0.6 is 0 Å². The predicted molar refractivity (Wildman–Crippen MR) is 78.1 cm³/mol. The molecule has 112 valence electrons. The molecule has 1 aliphatic carbocycles. The van der Waals surface area contributed by atoms with E-state index in [0.717, 1.165) is 0 Å². The zero-order chi connectivity index (χ0) is 14.5. The molecular weight excluding hydrogens is 240 g/mol. The SMILES string of the molecule is CCOC(=O)C(C)(CN(C)C1CCCCC1C)NC. The molecule has 0 aromatic rings. The van der Waals surface area contributed by atoms with E-state index in [1.807, 2.05) is 20.9 Å². The number of ether oxygens (including phenoxy) is 1. The van der Waals surface area contributed by atoms with E-state index in [9.17, 15) is 4.79 Å². The van der Waals surface area contributed by atoms with Crippen molar-refractivity contribution in [2.24, 2.45) is 5.92 Å². The fraction of sp³-hybridized carbons (Fsp3) is 0.933. The highest BCUT2D eigenvalue weighted by atomic mass is 16.5. The zero-order valence-corrected chi connectivity index (χ0v) is 13.2. The lowest BCUT2D eigenvalue weighted by Gasteiger charge is -2.40. The molecule has 19 heavy (non-hydrogen) atoms. The summed E-state index contributed by atoms with van der Waals surface area (Å²) in [7, 11) is 3.95. The third kappa shape index (κ3) is 4.18. The van der Waals surface area contributed by atoms with Gasteiger partial charge in [0.2, 0.25) is 0 Å². The molecule has 0 aromatic heterocycles. The fourth-order valence-corrected chi connectivity index (χ4v) is 3.10. The van der Waals surface area contributed by atoms with Crippen molar-refractivity contribution >= 4 is 5.97 Å². The molecule has 0 saturated heterocycles. The van der Waals surface area contributed by atoms with Crippen molar-refractivity contribution in [3.8, 4) is 0 Å². The van der Waals surface area contributed by atoms with Crippen LogP contribution < -0.4 is 5.32 Å². The smallest absolute Gasteiger partial charge is 0.327 e. The third-order valence-electron chi connectivity index (χ3n) is 4.48. The average Bonchev–Trinajstić information content (AvgIpc) is 2.39. The Labute approximate surface area is 117 Å². The van der Waals surface area contributed by atoms with Gasteiger partial charge in [-0.25, -0.2) is 0 Å². The third-order valence-corrected chi connectivity index (χ3v) is 4.48. The molecule has 1 N–H and O–H groups in total. The van der Waals surface area contributed by atoms with Crippen molar-refractivity contribution in [3.05, 3.63) is 0 Å². The van der Waals surface area contributed by atoms with E-state index in [1.165, 1.54) is 25.7 Å². The van der Waals surface area contributed by atoms with E-state index in [4.69, 9.17) is 4.74 Å². The lowest BCUT2D eigenvalue weighted by Crippen LogP contribution is -2.58. The molecule has 0 spiro atoms. The molecule has 0 bridgehead atoms. The summed E-state index contributed by atoms with van der Waals surface area (Å²) in [6.07, 6.45) is 5.17. The van der Waals surface area contributed by atoms with Gasteiger partial charge in [-0.3, -0.25) is 4.79 Å². The number of nitrogens with zero attached hydrogens (tertiary/aromatic N) is 1. The van der Waals surface area contributed by atoms with Gasteiger partial charge in [0.05, 0.1) is 6.61 Å². The average molecular weight is 270 g/mol. The van der Waals surface area contributed by atoms with Gasteiger partial charge in [-0.15, -0.1) is 0 Å². The number of carbonyl (C=O) groups is 1. The Morgan fingerprint density at radius 1 is 1.42 bits per heavy atom. The summed E-state index contributed by atoms with van der Waals surface area (Å²) in [6.45, 7) is 7.22. The van der Waals surface area contributed by atoms with Crippen molar-refractivity contribution in [1.29, 1.82) is 0 Å². The van der Waals surface area contributed by atoms with Crippen molar-refractivity contribution in [2.75, 3.05) is 27.2 Å². The Hall–Kier alpha value is -0.610. The molecule has 0 aliphatic heterocycles. The highest BCUT2D eigenvalue weighted by molar-refractivity contribution is 5.80. The lowest BCUT2D eigenvalue weighted by atomic mass is 9.84. The van der Waals surface area contributed by atoms with Gasteiger partial charge in [0.15, 0.2) is 0 Å². The predicted octanol–water partition coefficient (Wildman–Crippen LogP) is 2.04. The van der Waals surface area contributed by atoms with Gasteiger partial charge in [-0.2, -0.15) is 0 Å². The Morgan fingerprint density at radius 3 is 2.58 bits per heavy atom. The Balaban J connectivity index is 2.65. The first-order chi connectivity index (χ1) is 8.94. The highest BCUT2D eigenvalue weighted by Crippen LogP contribution is 2.28. The quantitative estimate of drug-likeness (QED) is 0.750. The van der Waals surface area contributed by atoms with Crippen LogP contribution in [0.1, 0.15) is 46.5 Å². The summed E-state index contributed by atoms with van der Waals surface area (Å²) >= 11 is 0. The maximum atomic E-state index is 12.1. The van der Waals surface area contributed by atoms with Crippen LogP contribution in [0.4, 0.5) is 0 Å². The second-order valence-electron chi connectivity index (χ2n) is 6.05. The Bertz CT molecular complexity index is 296. The van der Waals surface area contributed by atoms with Gasteiger partial charge in [-0.05, 0) is 46.7 Å². The molecule has 3 atom stereocenters. The molecule has 4 nitrogen and oxygen atoms in total. The number of nitrogens with one attached hydrogen (secondary N) is 1. The first kappa shape index (κ1) is 16.4. The summed E-state index contributed by atoms with van der Waals surface area (Å²) in [4.78, 5) is 14.4. The van der Waals surface area contributed by atoms with E-state index in [-0.39, 0.29) is 5.97 Å². The molecule has 1 saturated carbocycles. The van der Waals surface area contributed by atoms with Crippen LogP contribution in [0.15, 0.2) is 0 Å². The normalized spacial score (nSPS) is 27.1. The van der Waals surface area contributed by atoms with Crippen molar-refractivity contribution < 1.29 is 9.53 Å². The van der Waals surface area contributed by atoms with E-state index in [2.05, 4.69) is 24.2 Å². The summed E-state index contributed by atoms with van der Waals surface area (Å²) < 4.78 is 5.18. The maximum absolute atomic E-state index is 12.1. The summed E-state index contributed by atoms with van der Waals surface area (Å²) in [5, 5.41) is 3.13. The zero-order valence-electron chi connectivity index (χ0n) is 13.2. The second kappa shape index (κ2) is 7.25. The number of likely N-dealkylation sites (N-methyl/N-ethyl adjacent to an activating group) is 2. The molecular formula is C15H30N2O2. The van der Waals surface area contributed by atoms with Crippen LogP contribution in [0.3, 0.4) is 0 Å². The summed E-state index contributed by atoms with van der Waals surface area (Å²) in [6, 6.07) is 0.579. The van der Waals surface area contributed by atoms with Crippen molar-refractivity contribution in [1.82, 2.24) is 10.2 Å². The topological polar surface area (TPSA) is 41.6 Å². The van der Waals surface area contributed by atoms with Crippen LogP contribution in [-0.2, 0) is 9.53 Å². The van der Waals surface area contributed by atoms with E-state index in [1.54, 1.807) is 0 Å². The molecule has 1 fully saturated rings. The Kier molecular flexibility index (Phi) is 6.27. The van der Waals surface area contributed by atoms with E-state index < -0.39 is 5.54 Å². The molecule has 0 amide bonds. The van der Waals surface area contributed by atoms with Gasteiger partial charge >= 0.3 is 5.97 Å². The van der Waals surface area contributed by atoms with Crippen LogP contribution in [0.2, 0.25) is 0 Å². The number of hydrogen-bond donors (Lipinski definition) is 1. The molecule has 0 aromatic carbocycles. The number of carbonyl (C=O) groups excluding carboxylic acids is 1. The summed E-state index contributed by atoms with van der Waals surface area (Å²) in [5.74, 6) is 0.551. The van der Waals surface area contributed by atoms with Gasteiger partial charge < -0.3 is 15.0 Å². The minimum atomic E-state index is -0.623. The number of hydrogen-bond acceptors (Lipinski definition) is 4. The van der Waals surface area contributed by atoms with Crippen LogP contribution in [0, 0.1) is 5.92 Å². The second-order valence-corrected chi connectivity index (χ2v) is 6.05. The molecule has 0 heterocycles. The van der Waals surface area contributed by atoms with Gasteiger partial charge in [0.1, 0.15) is 5.54 Å². The lowest BCUT2D eigenvalue weighted by molar-refractivity contribution is -0.151. The summed E-state index contributed by atoms with van der Waals surface area (Å²) in [5.41, 5.74) is -0.623. The molecule has 0 radical (unpaired) electrons. The fourth-order valence-electron chi connectivity index (χ4n) is 3.10. The van der Waals surface area contributed by atoms with Gasteiger partial charge in [0.25, 0.3) is 0 Å². The molecule has 1 rings (SSSR count). The Morgan fingerprint density at radius 2 is 2.05 bits per heavy atom. The first-order valence-corrected chi connectivity index (χ1v) is 7.51. The number of esters is 1. The highest BCUT2D eigenvalue weighted by Gasteiger charge is 2.37. The van der Waals surface area contributed by atoms with Crippen LogP contribution in [0.5, 0.6) is 0 Å². The van der Waals surface area contributed by atoms with Crippen molar-refractivity contribution in [3.63, 3.8) is 0 Å². The molecule has 4 heteroatoms. The molecule has 3 unspecified atom stereocenters. The number of rotatable bonds is 6. The first-order valence-electron chi connectivity index (χ1n) is 7.51. The standard InChI is InChI=1S/C15H30N2O2/c1-6-19-14(18)15(3,16-4)11-17(5)13-10-8-7-9-12(13)2/h12-13,16H,6-11H2,1-5H3. The largest absolute Gasteiger partial charge is 0.465 e. The minimum Gasteiger partial charge on any atom is -0.465 e. The van der Waals surface area contributed by atoms with E-state index in [0.29, 0.717) is 25.1 Å². The minimum absolute atomic E-state index is 0.159. The van der Waals surface area contributed by atoms with Gasteiger partial charge in [-0.1, -0.05) is 19.8 Å². The van der Waals surface area contributed by atoms with Crippen LogP contribution in [0.25, 0.3) is 0 Å².